The van der Waals surface area contributed by atoms with Gasteiger partial charge in [0.25, 0.3) is 5.56 Å². The first-order valence-electron chi connectivity index (χ1n) is 7.74. The van der Waals surface area contributed by atoms with Crippen molar-refractivity contribution in [2.45, 2.75) is 13.0 Å². The van der Waals surface area contributed by atoms with Crippen LogP contribution in [0.2, 0.25) is 5.02 Å². The standard InChI is InChI=1S/C17H19ClFN3O/c18-14-4-3-13(15(19)12-14)5-9-22-8-1-2-16(17(22)23)21-10-6-20-7-11-21/h1-4,8,12,20H,5-7,9-11H2. The number of nitrogens with one attached hydrogen (secondary N) is 1. The number of anilines is 1. The molecular weight excluding hydrogens is 317 g/mol. The normalized spacial score (nSPS) is 15.0. The largest absolute Gasteiger partial charge is 0.365 e. The fourth-order valence-electron chi connectivity index (χ4n) is 2.81. The predicted molar refractivity (Wildman–Crippen MR) is 90.9 cm³/mol. The topological polar surface area (TPSA) is 37.3 Å². The fourth-order valence-corrected chi connectivity index (χ4v) is 2.97. The first-order chi connectivity index (χ1) is 11.1. The maximum atomic E-state index is 13.8. The van der Waals surface area contributed by atoms with Crippen LogP contribution in [0.1, 0.15) is 5.56 Å². The molecule has 0 atom stereocenters. The number of aryl methyl sites for hydroxylation is 2. The Morgan fingerprint density at radius 3 is 2.74 bits per heavy atom. The lowest BCUT2D eigenvalue weighted by molar-refractivity contribution is 0.576. The Balaban J connectivity index is 1.76. The van der Waals surface area contributed by atoms with E-state index in [0.29, 0.717) is 29.2 Å². The van der Waals surface area contributed by atoms with E-state index in [4.69, 9.17) is 11.6 Å². The minimum Gasteiger partial charge on any atom is -0.365 e. The molecule has 1 fully saturated rings. The number of nitrogens with zero attached hydrogens (tertiary/aromatic N) is 2. The maximum absolute atomic E-state index is 13.8. The highest BCUT2D eigenvalue weighted by Crippen LogP contribution is 2.15. The Morgan fingerprint density at radius 2 is 2.00 bits per heavy atom. The van der Waals surface area contributed by atoms with Crippen molar-refractivity contribution in [2.24, 2.45) is 0 Å². The number of aromatic nitrogens is 1. The molecule has 0 saturated carbocycles. The Morgan fingerprint density at radius 1 is 1.22 bits per heavy atom. The second-order valence-corrected chi connectivity index (χ2v) is 6.05. The van der Waals surface area contributed by atoms with Crippen molar-refractivity contribution in [3.05, 3.63) is 63.3 Å². The molecule has 2 heterocycles. The molecule has 0 aliphatic carbocycles. The first-order valence-corrected chi connectivity index (χ1v) is 8.12. The Hall–Kier alpha value is -1.85. The summed E-state index contributed by atoms with van der Waals surface area (Å²) in [4.78, 5) is 14.7. The van der Waals surface area contributed by atoms with E-state index in [1.807, 2.05) is 12.1 Å². The van der Waals surface area contributed by atoms with Crippen LogP contribution in [-0.2, 0) is 13.0 Å². The number of rotatable bonds is 4. The zero-order valence-corrected chi connectivity index (χ0v) is 13.5. The summed E-state index contributed by atoms with van der Waals surface area (Å²) in [6.45, 7) is 3.85. The number of halogens is 2. The molecule has 0 radical (unpaired) electrons. The van der Waals surface area contributed by atoms with Gasteiger partial charge in [-0.3, -0.25) is 4.79 Å². The van der Waals surface area contributed by atoms with Gasteiger partial charge in [0.2, 0.25) is 0 Å². The predicted octanol–water partition coefficient (Wildman–Crippen LogP) is 2.29. The van der Waals surface area contributed by atoms with Gasteiger partial charge in [0.15, 0.2) is 0 Å². The van der Waals surface area contributed by atoms with Gasteiger partial charge in [-0.1, -0.05) is 17.7 Å². The monoisotopic (exact) mass is 335 g/mol. The summed E-state index contributed by atoms with van der Waals surface area (Å²) >= 11 is 5.76. The van der Waals surface area contributed by atoms with Crippen LogP contribution in [0.3, 0.4) is 0 Å². The molecule has 1 aliphatic rings. The molecule has 1 aromatic carbocycles. The molecule has 1 aromatic heterocycles. The third-order valence-electron chi connectivity index (χ3n) is 4.09. The lowest BCUT2D eigenvalue weighted by atomic mass is 10.1. The smallest absolute Gasteiger partial charge is 0.274 e. The summed E-state index contributed by atoms with van der Waals surface area (Å²) in [6, 6.07) is 8.36. The summed E-state index contributed by atoms with van der Waals surface area (Å²) in [5.74, 6) is -0.330. The molecule has 0 unspecified atom stereocenters. The minimum atomic E-state index is -0.330. The Labute approximate surface area is 139 Å². The van der Waals surface area contributed by atoms with Crippen LogP contribution in [-0.4, -0.2) is 30.7 Å². The van der Waals surface area contributed by atoms with Gasteiger partial charge < -0.3 is 14.8 Å². The van der Waals surface area contributed by atoms with Gasteiger partial charge in [0.05, 0.1) is 0 Å². The second-order valence-electron chi connectivity index (χ2n) is 5.61. The van der Waals surface area contributed by atoms with Gasteiger partial charge in [-0.15, -0.1) is 0 Å². The number of hydrogen-bond donors (Lipinski definition) is 1. The highest BCUT2D eigenvalue weighted by Gasteiger charge is 2.14. The summed E-state index contributed by atoms with van der Waals surface area (Å²) in [6.07, 6.45) is 2.20. The van der Waals surface area contributed by atoms with Gasteiger partial charge in [-0.25, -0.2) is 4.39 Å². The van der Waals surface area contributed by atoms with Crippen molar-refractivity contribution in [3.8, 4) is 0 Å². The average Bonchev–Trinajstić information content (AvgIpc) is 2.56. The van der Waals surface area contributed by atoms with Crippen LogP contribution in [0.5, 0.6) is 0 Å². The van der Waals surface area contributed by atoms with Crippen LogP contribution in [0.15, 0.2) is 41.3 Å². The SMILES string of the molecule is O=c1c(N2CCNCC2)cccn1CCc1ccc(Cl)cc1F. The fraction of sp³-hybridized carbons (Fsp3) is 0.353. The molecule has 0 amide bonds. The first kappa shape index (κ1) is 16.0. The highest BCUT2D eigenvalue weighted by molar-refractivity contribution is 6.30. The van der Waals surface area contributed by atoms with Gasteiger partial charge in [-0.05, 0) is 36.2 Å². The van der Waals surface area contributed by atoms with Gasteiger partial charge >= 0.3 is 0 Å². The molecule has 23 heavy (non-hydrogen) atoms. The van der Waals surface area contributed by atoms with E-state index in [1.165, 1.54) is 6.07 Å². The van der Waals surface area contributed by atoms with Gasteiger partial charge in [-0.2, -0.15) is 0 Å². The van der Waals surface area contributed by atoms with Crippen molar-refractivity contribution >= 4 is 17.3 Å². The van der Waals surface area contributed by atoms with Crippen LogP contribution >= 0.6 is 11.6 Å². The summed E-state index contributed by atoms with van der Waals surface area (Å²) in [5.41, 5.74) is 1.25. The second kappa shape index (κ2) is 7.15. The third kappa shape index (κ3) is 3.74. The molecule has 0 bridgehead atoms. The van der Waals surface area contributed by atoms with Crippen molar-refractivity contribution < 1.29 is 4.39 Å². The molecular formula is C17H19ClFN3O. The van der Waals surface area contributed by atoms with E-state index in [9.17, 15) is 9.18 Å². The zero-order valence-electron chi connectivity index (χ0n) is 12.8. The van der Waals surface area contributed by atoms with E-state index < -0.39 is 0 Å². The molecule has 2 aromatic rings. The van der Waals surface area contributed by atoms with Crippen molar-refractivity contribution in [3.63, 3.8) is 0 Å². The van der Waals surface area contributed by atoms with E-state index >= 15 is 0 Å². The molecule has 1 saturated heterocycles. The van der Waals surface area contributed by atoms with Crippen molar-refractivity contribution in [1.82, 2.24) is 9.88 Å². The van der Waals surface area contributed by atoms with E-state index in [2.05, 4.69) is 10.2 Å². The van der Waals surface area contributed by atoms with Crippen LogP contribution < -0.4 is 15.8 Å². The number of pyridine rings is 1. The van der Waals surface area contributed by atoms with E-state index in [-0.39, 0.29) is 11.4 Å². The van der Waals surface area contributed by atoms with Crippen molar-refractivity contribution in [1.29, 1.82) is 0 Å². The lowest BCUT2D eigenvalue weighted by Gasteiger charge is -2.29. The number of hydrogen-bond acceptors (Lipinski definition) is 3. The Kier molecular flexibility index (Phi) is 4.98. The molecule has 122 valence electrons. The van der Waals surface area contributed by atoms with Crippen LogP contribution in [0.4, 0.5) is 10.1 Å². The van der Waals surface area contributed by atoms with E-state index in [0.717, 1.165) is 26.2 Å². The summed E-state index contributed by atoms with van der Waals surface area (Å²) in [7, 11) is 0. The molecule has 6 heteroatoms. The minimum absolute atomic E-state index is 0.0243. The third-order valence-corrected chi connectivity index (χ3v) is 4.33. The van der Waals surface area contributed by atoms with Crippen LogP contribution in [0.25, 0.3) is 0 Å². The number of piperazine rings is 1. The molecule has 1 N–H and O–H groups in total. The van der Waals surface area contributed by atoms with E-state index in [1.54, 1.807) is 22.9 Å². The van der Waals surface area contributed by atoms with Gasteiger partial charge in [0.1, 0.15) is 11.5 Å². The zero-order chi connectivity index (χ0) is 16.2. The summed E-state index contributed by atoms with van der Waals surface area (Å²) < 4.78 is 15.5. The molecule has 1 aliphatic heterocycles. The van der Waals surface area contributed by atoms with Crippen LogP contribution in [0, 0.1) is 5.82 Å². The quantitative estimate of drug-likeness (QED) is 0.931. The highest BCUT2D eigenvalue weighted by atomic mass is 35.5. The summed E-state index contributed by atoms with van der Waals surface area (Å²) in [5, 5.41) is 3.65. The molecule has 0 spiro atoms. The lowest BCUT2D eigenvalue weighted by Crippen LogP contribution is -2.46. The molecule has 3 rings (SSSR count). The number of benzene rings is 1. The van der Waals surface area contributed by atoms with Crippen molar-refractivity contribution in [2.75, 3.05) is 31.1 Å². The molecule has 4 nitrogen and oxygen atoms in total. The van der Waals surface area contributed by atoms with Gasteiger partial charge in [0, 0.05) is 43.9 Å². The maximum Gasteiger partial charge on any atom is 0.274 e. The Bertz CT molecular complexity index is 741. The average molecular weight is 336 g/mol.